The van der Waals surface area contributed by atoms with Gasteiger partial charge in [-0.2, -0.15) is 0 Å². The quantitative estimate of drug-likeness (QED) is 0.753. The predicted octanol–water partition coefficient (Wildman–Crippen LogP) is 1.40. The van der Waals surface area contributed by atoms with Gasteiger partial charge in [-0.3, -0.25) is 14.7 Å². The van der Waals surface area contributed by atoms with E-state index in [1.807, 2.05) is 23.2 Å². The maximum Gasteiger partial charge on any atom is 0.256 e. The molecule has 0 bridgehead atoms. The van der Waals surface area contributed by atoms with Gasteiger partial charge in [-0.05, 0) is 17.7 Å². The highest BCUT2D eigenvalue weighted by atomic mass is 16.5. The number of rotatable bonds is 5. The van der Waals surface area contributed by atoms with E-state index < -0.39 is 0 Å². The molecule has 0 spiro atoms. The number of morpholine rings is 2. The van der Waals surface area contributed by atoms with Crippen LogP contribution in [0.15, 0.2) is 42.9 Å². The Morgan fingerprint density at radius 2 is 2.03 bits per heavy atom. The van der Waals surface area contributed by atoms with Gasteiger partial charge in [0, 0.05) is 50.8 Å². The molecule has 2 aromatic rings. The summed E-state index contributed by atoms with van der Waals surface area (Å²) in [7, 11) is 1.56. The lowest BCUT2D eigenvalue weighted by Gasteiger charge is -2.43. The Kier molecular flexibility index (Phi) is 6.33. The summed E-state index contributed by atoms with van der Waals surface area (Å²) in [6.45, 7) is 4.96. The lowest BCUT2D eigenvalue weighted by molar-refractivity contribution is -0.0819. The van der Waals surface area contributed by atoms with Gasteiger partial charge in [-0.25, -0.2) is 4.98 Å². The van der Waals surface area contributed by atoms with Crippen LogP contribution in [0.25, 0.3) is 0 Å². The van der Waals surface area contributed by atoms with Crippen LogP contribution in [0.3, 0.4) is 0 Å². The molecule has 0 N–H and O–H groups in total. The minimum atomic E-state index is -0.213. The van der Waals surface area contributed by atoms with Crippen molar-refractivity contribution >= 4 is 5.91 Å². The molecule has 2 aliphatic rings. The normalized spacial score (nSPS) is 23.0. The molecule has 0 radical (unpaired) electrons. The Labute approximate surface area is 170 Å². The Morgan fingerprint density at radius 1 is 1.17 bits per heavy atom. The summed E-state index contributed by atoms with van der Waals surface area (Å²) < 4.78 is 16.7. The van der Waals surface area contributed by atoms with Crippen LogP contribution in [0, 0.1) is 0 Å². The molecule has 8 nitrogen and oxygen atoms in total. The van der Waals surface area contributed by atoms with Crippen LogP contribution in [0.1, 0.15) is 22.0 Å². The average Bonchev–Trinajstić information content (AvgIpc) is 2.80. The SMILES string of the molecule is COc1ccc(C(=O)N2CCO[C@@H](CN3CCOCC3)[C@@H]2c2cccnc2)cn1. The van der Waals surface area contributed by atoms with Crippen molar-refractivity contribution in [3.63, 3.8) is 0 Å². The summed E-state index contributed by atoms with van der Waals surface area (Å²) in [5, 5.41) is 0. The van der Waals surface area contributed by atoms with Crippen LogP contribution in [-0.4, -0.2) is 84.9 Å². The highest BCUT2D eigenvalue weighted by Crippen LogP contribution is 2.31. The molecular weight excluding hydrogens is 372 g/mol. The summed E-state index contributed by atoms with van der Waals surface area (Å²) >= 11 is 0. The summed E-state index contributed by atoms with van der Waals surface area (Å²) in [4.78, 5) is 26.0. The number of carbonyl (C=O) groups is 1. The van der Waals surface area contributed by atoms with Gasteiger partial charge in [-0.1, -0.05) is 6.07 Å². The summed E-state index contributed by atoms with van der Waals surface area (Å²) in [6, 6.07) is 7.15. The largest absolute Gasteiger partial charge is 0.481 e. The number of methoxy groups -OCH3 is 1. The summed E-state index contributed by atoms with van der Waals surface area (Å²) in [6.07, 6.45) is 4.98. The molecule has 29 heavy (non-hydrogen) atoms. The van der Waals surface area contributed by atoms with Crippen molar-refractivity contribution in [2.45, 2.75) is 12.1 Å². The molecule has 4 heterocycles. The Bertz CT molecular complexity index is 796. The third-order valence-electron chi connectivity index (χ3n) is 5.37. The Hall–Kier alpha value is -2.55. The number of hydrogen-bond acceptors (Lipinski definition) is 7. The maximum absolute atomic E-state index is 13.4. The first-order valence-corrected chi connectivity index (χ1v) is 9.89. The van der Waals surface area contributed by atoms with Crippen molar-refractivity contribution in [3.8, 4) is 5.88 Å². The summed E-state index contributed by atoms with van der Waals surface area (Å²) in [5.74, 6) is 0.418. The van der Waals surface area contributed by atoms with Gasteiger partial charge in [0.25, 0.3) is 5.91 Å². The molecule has 154 valence electrons. The van der Waals surface area contributed by atoms with Crippen molar-refractivity contribution in [2.75, 3.05) is 53.1 Å². The highest BCUT2D eigenvalue weighted by molar-refractivity contribution is 5.94. The van der Waals surface area contributed by atoms with Crippen LogP contribution in [-0.2, 0) is 9.47 Å². The van der Waals surface area contributed by atoms with Gasteiger partial charge in [0.2, 0.25) is 5.88 Å². The number of ether oxygens (including phenoxy) is 3. The maximum atomic E-state index is 13.4. The van der Waals surface area contributed by atoms with Crippen LogP contribution in [0.4, 0.5) is 0 Å². The van der Waals surface area contributed by atoms with Crippen molar-refractivity contribution in [1.82, 2.24) is 19.8 Å². The topological polar surface area (TPSA) is 77.0 Å². The van der Waals surface area contributed by atoms with E-state index in [9.17, 15) is 4.79 Å². The van der Waals surface area contributed by atoms with E-state index in [0.717, 1.165) is 38.4 Å². The number of amides is 1. The molecule has 8 heteroatoms. The van der Waals surface area contributed by atoms with Crippen LogP contribution < -0.4 is 4.74 Å². The lowest BCUT2D eigenvalue weighted by Crippen LogP contribution is -2.53. The number of hydrogen-bond donors (Lipinski definition) is 0. The molecule has 0 aromatic carbocycles. The smallest absolute Gasteiger partial charge is 0.256 e. The minimum Gasteiger partial charge on any atom is -0.481 e. The van der Waals surface area contributed by atoms with E-state index in [2.05, 4.69) is 14.9 Å². The minimum absolute atomic E-state index is 0.0655. The van der Waals surface area contributed by atoms with Gasteiger partial charge in [0.1, 0.15) is 0 Å². The molecule has 2 saturated heterocycles. The van der Waals surface area contributed by atoms with E-state index in [1.54, 1.807) is 31.6 Å². The first-order chi connectivity index (χ1) is 14.3. The third-order valence-corrected chi connectivity index (χ3v) is 5.37. The average molecular weight is 398 g/mol. The molecule has 2 fully saturated rings. The van der Waals surface area contributed by atoms with Crippen molar-refractivity contribution in [2.24, 2.45) is 0 Å². The molecule has 0 unspecified atom stereocenters. The zero-order valence-electron chi connectivity index (χ0n) is 16.6. The molecule has 2 aliphatic heterocycles. The van der Waals surface area contributed by atoms with E-state index >= 15 is 0 Å². The van der Waals surface area contributed by atoms with Crippen LogP contribution >= 0.6 is 0 Å². The fourth-order valence-electron chi connectivity index (χ4n) is 3.89. The van der Waals surface area contributed by atoms with Gasteiger partial charge < -0.3 is 19.1 Å². The van der Waals surface area contributed by atoms with E-state index in [1.165, 1.54) is 0 Å². The lowest BCUT2D eigenvalue weighted by atomic mass is 9.98. The monoisotopic (exact) mass is 398 g/mol. The standard InChI is InChI=1S/C21H26N4O4/c1-27-19-5-4-17(14-23-19)21(26)25-9-12-29-18(15-24-7-10-28-11-8-24)20(25)16-3-2-6-22-13-16/h2-6,13-14,18,20H,7-12,15H2,1H3/t18-,20-/m0/s1. The molecular formula is C21H26N4O4. The molecule has 2 aromatic heterocycles. The van der Waals surface area contributed by atoms with Crippen molar-refractivity contribution < 1.29 is 19.0 Å². The fraction of sp³-hybridized carbons (Fsp3) is 0.476. The Balaban J connectivity index is 1.60. The number of pyridine rings is 2. The van der Waals surface area contributed by atoms with Gasteiger partial charge in [0.05, 0.1) is 44.6 Å². The summed E-state index contributed by atoms with van der Waals surface area (Å²) in [5.41, 5.74) is 1.51. The predicted molar refractivity (Wildman–Crippen MR) is 106 cm³/mol. The van der Waals surface area contributed by atoms with Gasteiger partial charge >= 0.3 is 0 Å². The molecule has 4 rings (SSSR count). The van der Waals surface area contributed by atoms with Crippen LogP contribution in [0.5, 0.6) is 5.88 Å². The van der Waals surface area contributed by atoms with Gasteiger partial charge in [-0.15, -0.1) is 0 Å². The number of nitrogens with zero attached hydrogens (tertiary/aromatic N) is 4. The zero-order chi connectivity index (χ0) is 20.1. The number of carbonyl (C=O) groups excluding carboxylic acids is 1. The highest BCUT2D eigenvalue weighted by Gasteiger charge is 2.38. The van der Waals surface area contributed by atoms with Crippen molar-refractivity contribution in [1.29, 1.82) is 0 Å². The first kappa shape index (κ1) is 19.8. The zero-order valence-corrected chi connectivity index (χ0v) is 16.6. The van der Waals surface area contributed by atoms with Crippen molar-refractivity contribution in [3.05, 3.63) is 54.0 Å². The second kappa shape index (κ2) is 9.30. The molecule has 0 aliphatic carbocycles. The second-order valence-corrected chi connectivity index (χ2v) is 7.14. The molecule has 2 atom stereocenters. The third kappa shape index (κ3) is 4.55. The van der Waals surface area contributed by atoms with E-state index in [-0.39, 0.29) is 18.1 Å². The van der Waals surface area contributed by atoms with E-state index in [0.29, 0.717) is 24.6 Å². The Morgan fingerprint density at radius 3 is 2.72 bits per heavy atom. The first-order valence-electron chi connectivity index (χ1n) is 9.89. The molecule has 0 saturated carbocycles. The molecule has 1 amide bonds. The number of aromatic nitrogens is 2. The second-order valence-electron chi connectivity index (χ2n) is 7.14. The van der Waals surface area contributed by atoms with Crippen LogP contribution in [0.2, 0.25) is 0 Å². The fourth-order valence-corrected chi connectivity index (χ4v) is 3.89. The van der Waals surface area contributed by atoms with E-state index in [4.69, 9.17) is 14.2 Å². The van der Waals surface area contributed by atoms with Gasteiger partial charge in [0.15, 0.2) is 0 Å².